The van der Waals surface area contributed by atoms with Gasteiger partial charge >= 0.3 is 0 Å². The van der Waals surface area contributed by atoms with Crippen molar-refractivity contribution in [3.05, 3.63) is 54.6 Å². The molecule has 0 radical (unpaired) electrons. The van der Waals surface area contributed by atoms with Crippen LogP contribution in [0.4, 0.5) is 5.69 Å². The maximum atomic E-state index is 5.73. The maximum absolute atomic E-state index is 5.73. The predicted octanol–water partition coefficient (Wildman–Crippen LogP) is 2.84. The van der Waals surface area contributed by atoms with Crippen molar-refractivity contribution in [3.8, 4) is 11.5 Å². The first-order valence-electron chi connectivity index (χ1n) is 5.16. The molecule has 3 heteroatoms. The lowest BCUT2D eigenvalue weighted by atomic mass is 10.3. The Balaban J connectivity index is 1.89. The summed E-state index contributed by atoms with van der Waals surface area (Å²) in [5.41, 5.74) is 0.983. The van der Waals surface area contributed by atoms with Crippen molar-refractivity contribution in [1.82, 2.24) is 0 Å². The molecule has 0 saturated heterocycles. The van der Waals surface area contributed by atoms with Crippen molar-refractivity contribution in [3.63, 3.8) is 0 Å². The molecule has 3 rings (SSSR count). The largest absolute Gasteiger partial charge is 0.466 e. The fraction of sp³-hybridized carbons (Fsp3) is 0.0769. The predicted molar refractivity (Wildman–Crippen MR) is 61.5 cm³/mol. The van der Waals surface area contributed by atoms with Crippen LogP contribution in [0.2, 0.25) is 0 Å². The van der Waals surface area contributed by atoms with Crippen LogP contribution in [0.15, 0.2) is 54.6 Å². The molecule has 0 spiro atoms. The Morgan fingerprint density at radius 2 is 1.50 bits per heavy atom. The van der Waals surface area contributed by atoms with Gasteiger partial charge in [-0.3, -0.25) is 0 Å². The van der Waals surface area contributed by atoms with Crippen molar-refractivity contribution in [2.75, 3.05) is 11.8 Å². The van der Waals surface area contributed by atoms with E-state index in [4.69, 9.17) is 9.57 Å². The molecular weight excluding hydrogens is 202 g/mol. The monoisotopic (exact) mass is 213 g/mol. The summed E-state index contributed by atoms with van der Waals surface area (Å²) < 4.78 is 5.59. The summed E-state index contributed by atoms with van der Waals surface area (Å²) in [4.78, 5) is 5.73. The number of anilines is 1. The number of benzene rings is 2. The summed E-state index contributed by atoms with van der Waals surface area (Å²) in [6.07, 6.45) is 0. The van der Waals surface area contributed by atoms with Gasteiger partial charge in [0.15, 0.2) is 18.2 Å². The molecule has 1 aliphatic rings. The van der Waals surface area contributed by atoms with Gasteiger partial charge in [-0.1, -0.05) is 30.3 Å². The SMILES string of the molecule is c1ccc(N2COc3ccccc3O2)cc1. The molecule has 0 saturated carbocycles. The summed E-state index contributed by atoms with van der Waals surface area (Å²) in [5, 5.41) is 1.72. The highest BCUT2D eigenvalue weighted by molar-refractivity contribution is 5.48. The van der Waals surface area contributed by atoms with Gasteiger partial charge in [-0.05, 0) is 24.3 Å². The number of rotatable bonds is 1. The summed E-state index contributed by atoms with van der Waals surface area (Å²) in [6.45, 7) is 0.404. The van der Waals surface area contributed by atoms with Gasteiger partial charge in [0.25, 0.3) is 0 Å². The quantitative estimate of drug-likeness (QED) is 0.727. The fourth-order valence-electron chi connectivity index (χ4n) is 1.64. The molecule has 1 aliphatic heterocycles. The normalized spacial score (nSPS) is 13.6. The van der Waals surface area contributed by atoms with Gasteiger partial charge in [-0.25, -0.2) is 0 Å². The molecule has 0 unspecified atom stereocenters. The number of fused-ring (bicyclic) bond motifs is 1. The zero-order chi connectivity index (χ0) is 10.8. The highest BCUT2D eigenvalue weighted by atomic mass is 16.7. The molecular formula is C13H11NO2. The van der Waals surface area contributed by atoms with Crippen LogP contribution in [0.3, 0.4) is 0 Å². The van der Waals surface area contributed by atoms with Crippen molar-refractivity contribution in [2.45, 2.75) is 0 Å². The van der Waals surface area contributed by atoms with E-state index in [2.05, 4.69) is 0 Å². The third-order valence-corrected chi connectivity index (χ3v) is 2.44. The van der Waals surface area contributed by atoms with Crippen molar-refractivity contribution in [1.29, 1.82) is 0 Å². The molecule has 2 aromatic rings. The van der Waals surface area contributed by atoms with E-state index >= 15 is 0 Å². The lowest BCUT2D eigenvalue weighted by Gasteiger charge is -2.29. The Kier molecular flexibility index (Phi) is 2.14. The summed E-state index contributed by atoms with van der Waals surface area (Å²) in [6, 6.07) is 17.5. The Labute approximate surface area is 93.8 Å². The summed E-state index contributed by atoms with van der Waals surface area (Å²) >= 11 is 0. The van der Waals surface area contributed by atoms with Gasteiger partial charge in [-0.15, -0.1) is 0 Å². The van der Waals surface area contributed by atoms with Crippen molar-refractivity contribution in [2.24, 2.45) is 0 Å². The van der Waals surface area contributed by atoms with Gasteiger partial charge in [0, 0.05) is 0 Å². The molecule has 0 N–H and O–H groups in total. The molecule has 0 fully saturated rings. The van der Waals surface area contributed by atoms with Crippen molar-refractivity contribution >= 4 is 5.69 Å². The first kappa shape index (κ1) is 9.09. The second-order valence-electron chi connectivity index (χ2n) is 3.53. The van der Waals surface area contributed by atoms with Gasteiger partial charge in [-0.2, -0.15) is 5.06 Å². The zero-order valence-electron chi connectivity index (χ0n) is 8.67. The van der Waals surface area contributed by atoms with Gasteiger partial charge in [0.2, 0.25) is 0 Å². The minimum Gasteiger partial charge on any atom is -0.466 e. The maximum Gasteiger partial charge on any atom is 0.197 e. The van der Waals surface area contributed by atoms with Crippen LogP contribution in [-0.2, 0) is 0 Å². The number of nitrogens with zero attached hydrogens (tertiary/aromatic N) is 1. The number of para-hydroxylation sites is 3. The molecule has 1 heterocycles. The number of hydrogen-bond acceptors (Lipinski definition) is 3. The zero-order valence-corrected chi connectivity index (χ0v) is 8.67. The van der Waals surface area contributed by atoms with Gasteiger partial charge in [0.1, 0.15) is 0 Å². The highest BCUT2D eigenvalue weighted by Crippen LogP contribution is 2.32. The molecule has 3 nitrogen and oxygen atoms in total. The molecule has 16 heavy (non-hydrogen) atoms. The highest BCUT2D eigenvalue weighted by Gasteiger charge is 2.18. The van der Waals surface area contributed by atoms with E-state index in [1.165, 1.54) is 0 Å². The Morgan fingerprint density at radius 1 is 0.812 bits per heavy atom. The Morgan fingerprint density at radius 3 is 2.31 bits per heavy atom. The number of ether oxygens (including phenoxy) is 1. The van der Waals surface area contributed by atoms with E-state index in [0.29, 0.717) is 6.73 Å². The number of hydroxylamine groups is 1. The topological polar surface area (TPSA) is 21.7 Å². The van der Waals surface area contributed by atoms with E-state index in [1.54, 1.807) is 5.06 Å². The molecule has 0 atom stereocenters. The third-order valence-electron chi connectivity index (χ3n) is 2.44. The summed E-state index contributed by atoms with van der Waals surface area (Å²) in [5.74, 6) is 1.53. The fourth-order valence-corrected chi connectivity index (χ4v) is 1.64. The minimum absolute atomic E-state index is 0.404. The Bertz CT molecular complexity index is 484. The average Bonchev–Trinajstić information content (AvgIpc) is 2.39. The van der Waals surface area contributed by atoms with E-state index in [0.717, 1.165) is 17.2 Å². The van der Waals surface area contributed by atoms with Crippen LogP contribution in [-0.4, -0.2) is 6.73 Å². The van der Waals surface area contributed by atoms with Crippen LogP contribution < -0.4 is 14.6 Å². The van der Waals surface area contributed by atoms with Gasteiger partial charge < -0.3 is 9.57 Å². The van der Waals surface area contributed by atoms with Crippen LogP contribution in [0.5, 0.6) is 11.5 Å². The first-order valence-corrected chi connectivity index (χ1v) is 5.16. The van der Waals surface area contributed by atoms with E-state index < -0.39 is 0 Å². The lowest BCUT2D eigenvalue weighted by molar-refractivity contribution is 0.140. The van der Waals surface area contributed by atoms with Crippen LogP contribution in [0.25, 0.3) is 0 Å². The molecule has 0 bridgehead atoms. The molecule has 0 amide bonds. The smallest absolute Gasteiger partial charge is 0.197 e. The van der Waals surface area contributed by atoms with Crippen LogP contribution >= 0.6 is 0 Å². The average molecular weight is 213 g/mol. The molecule has 0 aliphatic carbocycles. The van der Waals surface area contributed by atoms with Crippen LogP contribution in [0, 0.1) is 0 Å². The molecule has 80 valence electrons. The lowest BCUT2D eigenvalue weighted by Crippen LogP contribution is -2.34. The standard InChI is InChI=1S/C13H11NO2/c1-2-6-11(7-3-1)14-10-15-12-8-4-5-9-13(12)16-14/h1-9H,10H2. The van der Waals surface area contributed by atoms with E-state index in [1.807, 2.05) is 54.6 Å². The second kappa shape index (κ2) is 3.77. The summed E-state index contributed by atoms with van der Waals surface area (Å²) in [7, 11) is 0. The van der Waals surface area contributed by atoms with Crippen molar-refractivity contribution < 1.29 is 9.57 Å². The van der Waals surface area contributed by atoms with Crippen LogP contribution in [0.1, 0.15) is 0 Å². The number of hydrogen-bond donors (Lipinski definition) is 0. The first-order chi connectivity index (χ1) is 7.93. The second-order valence-corrected chi connectivity index (χ2v) is 3.53. The molecule has 2 aromatic carbocycles. The van der Waals surface area contributed by atoms with Gasteiger partial charge in [0.05, 0.1) is 5.69 Å². The Hall–Kier alpha value is -2.16. The van der Waals surface area contributed by atoms with E-state index in [9.17, 15) is 0 Å². The minimum atomic E-state index is 0.404. The van der Waals surface area contributed by atoms with E-state index in [-0.39, 0.29) is 0 Å². The third kappa shape index (κ3) is 1.56. The molecule has 0 aromatic heterocycles.